The summed E-state index contributed by atoms with van der Waals surface area (Å²) < 4.78 is 0. The summed E-state index contributed by atoms with van der Waals surface area (Å²) in [6.45, 7) is 1.59. The third-order valence-electron chi connectivity index (χ3n) is 2.16. The number of aliphatic hydroxyl groups is 1. The Bertz CT molecular complexity index is 402. The van der Waals surface area contributed by atoms with Crippen LogP contribution in [0.4, 0.5) is 5.00 Å². The van der Waals surface area contributed by atoms with E-state index in [1.807, 2.05) is 0 Å². The zero-order valence-corrected chi connectivity index (χ0v) is 9.31. The van der Waals surface area contributed by atoms with E-state index in [4.69, 9.17) is 5.11 Å². The number of hydrogen-bond donors (Lipinski definition) is 2. The molecule has 1 rings (SSSR count). The van der Waals surface area contributed by atoms with Gasteiger partial charge in [-0.3, -0.25) is 14.9 Å². The molecule has 1 heterocycles. The van der Waals surface area contributed by atoms with Gasteiger partial charge in [-0.05, 0) is 11.5 Å². The second-order valence-corrected chi connectivity index (χ2v) is 4.39. The van der Waals surface area contributed by atoms with Crippen molar-refractivity contribution in [3.05, 3.63) is 27.1 Å². The molecule has 1 aromatic rings. The summed E-state index contributed by atoms with van der Waals surface area (Å²) in [7, 11) is 0. The number of thiophene rings is 1. The van der Waals surface area contributed by atoms with E-state index in [0.717, 1.165) is 11.3 Å². The van der Waals surface area contributed by atoms with Crippen LogP contribution in [0.2, 0.25) is 0 Å². The van der Waals surface area contributed by atoms with Crippen LogP contribution in [0, 0.1) is 16.0 Å². The van der Waals surface area contributed by atoms with Gasteiger partial charge in [-0.25, -0.2) is 0 Å². The second-order valence-electron chi connectivity index (χ2n) is 3.50. The van der Waals surface area contributed by atoms with Gasteiger partial charge >= 0.3 is 11.0 Å². The average Bonchev–Trinajstić information content (AvgIpc) is 2.64. The van der Waals surface area contributed by atoms with Gasteiger partial charge in [0, 0.05) is 11.4 Å². The summed E-state index contributed by atoms with van der Waals surface area (Å²) >= 11 is 0.916. The van der Waals surface area contributed by atoms with Crippen LogP contribution in [0.25, 0.3) is 0 Å². The van der Waals surface area contributed by atoms with Crippen LogP contribution in [0.15, 0.2) is 11.4 Å². The van der Waals surface area contributed by atoms with Crippen molar-refractivity contribution in [3.8, 4) is 0 Å². The Hall–Kier alpha value is -1.47. The number of nitrogens with zero attached hydrogens (tertiary/aromatic N) is 1. The number of carbonyl (C=O) groups is 1. The minimum atomic E-state index is -1.00. The first-order chi connectivity index (χ1) is 7.41. The van der Waals surface area contributed by atoms with E-state index in [-0.39, 0.29) is 11.4 Å². The number of aliphatic carboxylic acids is 1. The Balaban J connectivity index is 2.75. The lowest BCUT2D eigenvalue weighted by atomic mass is 9.96. The van der Waals surface area contributed by atoms with Gasteiger partial charge in [-0.15, -0.1) is 0 Å². The van der Waals surface area contributed by atoms with Crippen LogP contribution in [-0.4, -0.2) is 21.1 Å². The summed E-state index contributed by atoms with van der Waals surface area (Å²) in [5.41, 5.74) is 0.394. The highest BCUT2D eigenvalue weighted by Gasteiger charge is 2.22. The van der Waals surface area contributed by atoms with Gasteiger partial charge in [0.25, 0.3) is 0 Å². The Labute approximate surface area is 95.3 Å². The lowest BCUT2D eigenvalue weighted by Gasteiger charge is -2.15. The second kappa shape index (κ2) is 5.04. The topological polar surface area (TPSA) is 101 Å². The highest BCUT2D eigenvalue weighted by atomic mass is 32.1. The van der Waals surface area contributed by atoms with Crippen LogP contribution in [0.1, 0.15) is 25.0 Å². The van der Waals surface area contributed by atoms with E-state index in [9.17, 15) is 20.0 Å². The summed E-state index contributed by atoms with van der Waals surface area (Å²) in [5.74, 6) is -1.48. The smallest absolute Gasteiger partial charge is 0.324 e. The van der Waals surface area contributed by atoms with Gasteiger partial charge in [-0.2, -0.15) is 0 Å². The van der Waals surface area contributed by atoms with E-state index >= 15 is 0 Å². The monoisotopic (exact) mass is 245 g/mol. The molecule has 7 heteroatoms. The third kappa shape index (κ3) is 3.01. The van der Waals surface area contributed by atoms with E-state index in [1.54, 1.807) is 6.92 Å². The van der Waals surface area contributed by atoms with Crippen molar-refractivity contribution in [1.29, 1.82) is 0 Å². The molecule has 0 aliphatic carbocycles. The van der Waals surface area contributed by atoms with Crippen molar-refractivity contribution in [2.45, 2.75) is 19.4 Å². The first-order valence-corrected chi connectivity index (χ1v) is 5.42. The molecular formula is C9H11NO5S. The molecule has 88 valence electrons. The molecule has 0 aromatic carbocycles. The average molecular weight is 245 g/mol. The van der Waals surface area contributed by atoms with E-state index in [2.05, 4.69) is 0 Å². The molecule has 2 N–H and O–H groups in total. The molecule has 1 aromatic heterocycles. The fraction of sp³-hybridized carbons (Fsp3) is 0.444. The van der Waals surface area contributed by atoms with E-state index < -0.39 is 22.9 Å². The lowest BCUT2D eigenvalue weighted by molar-refractivity contribution is -0.380. The summed E-state index contributed by atoms with van der Waals surface area (Å²) in [5, 5.41) is 30.1. The molecule has 0 amide bonds. The van der Waals surface area contributed by atoms with Crippen molar-refractivity contribution in [3.63, 3.8) is 0 Å². The molecular weight excluding hydrogens is 234 g/mol. The molecule has 0 spiro atoms. The zero-order valence-electron chi connectivity index (χ0n) is 8.49. The standard InChI is InChI=1S/C9H11NO5S/c1-5(2-8(11)12)9(13)6-3-7(10(14)15)16-4-6/h3-5,9,13H,2H2,1H3,(H,11,12). The van der Waals surface area contributed by atoms with Gasteiger partial charge in [0.05, 0.1) is 17.4 Å². The maximum Gasteiger partial charge on any atom is 0.324 e. The first kappa shape index (κ1) is 12.6. The maximum atomic E-state index is 10.4. The SMILES string of the molecule is CC(CC(=O)O)C(O)c1csc([N+](=O)[O-])c1. The van der Waals surface area contributed by atoms with Crippen molar-refractivity contribution in [1.82, 2.24) is 0 Å². The molecule has 0 aliphatic rings. The quantitative estimate of drug-likeness (QED) is 0.608. The van der Waals surface area contributed by atoms with Crippen LogP contribution in [-0.2, 0) is 4.79 Å². The molecule has 0 fully saturated rings. The molecule has 16 heavy (non-hydrogen) atoms. The number of nitro groups is 1. The third-order valence-corrected chi connectivity index (χ3v) is 3.06. The van der Waals surface area contributed by atoms with E-state index in [0.29, 0.717) is 5.56 Å². The Morgan fingerprint density at radius 3 is 2.75 bits per heavy atom. The minimum absolute atomic E-state index is 0.0587. The van der Waals surface area contributed by atoms with Crippen LogP contribution < -0.4 is 0 Å². The fourth-order valence-corrected chi connectivity index (χ4v) is 2.06. The summed E-state index contributed by atoms with van der Waals surface area (Å²) in [6.07, 6.45) is -1.16. The molecule has 0 saturated heterocycles. The number of aliphatic hydroxyl groups excluding tert-OH is 1. The Morgan fingerprint density at radius 2 is 2.31 bits per heavy atom. The van der Waals surface area contributed by atoms with Crippen LogP contribution in [0.5, 0.6) is 0 Å². The number of carboxylic acid groups (broad SMARTS) is 1. The largest absolute Gasteiger partial charge is 0.481 e. The van der Waals surface area contributed by atoms with Gasteiger partial charge in [0.2, 0.25) is 0 Å². The van der Waals surface area contributed by atoms with Crippen LogP contribution in [0.3, 0.4) is 0 Å². The predicted molar refractivity (Wildman–Crippen MR) is 57.4 cm³/mol. The Morgan fingerprint density at radius 1 is 1.69 bits per heavy atom. The molecule has 0 saturated carbocycles. The molecule has 0 aliphatic heterocycles. The molecule has 2 atom stereocenters. The van der Waals surface area contributed by atoms with Gasteiger partial charge < -0.3 is 10.2 Å². The molecule has 6 nitrogen and oxygen atoms in total. The van der Waals surface area contributed by atoms with Gasteiger partial charge in [0.1, 0.15) is 0 Å². The Kier molecular flexibility index (Phi) is 3.97. The van der Waals surface area contributed by atoms with Crippen molar-refractivity contribution in [2.75, 3.05) is 0 Å². The molecule has 2 unspecified atom stereocenters. The van der Waals surface area contributed by atoms with Gasteiger partial charge in [0.15, 0.2) is 0 Å². The first-order valence-electron chi connectivity index (χ1n) is 4.54. The number of carboxylic acids is 1. The number of hydrogen-bond acceptors (Lipinski definition) is 5. The van der Waals surface area contributed by atoms with Crippen molar-refractivity contribution < 1.29 is 19.9 Å². The van der Waals surface area contributed by atoms with Gasteiger partial charge in [-0.1, -0.05) is 18.3 Å². The van der Waals surface area contributed by atoms with Crippen molar-refractivity contribution >= 4 is 22.3 Å². The fourth-order valence-electron chi connectivity index (χ4n) is 1.31. The normalized spacial score (nSPS) is 14.4. The zero-order chi connectivity index (χ0) is 12.3. The highest BCUT2D eigenvalue weighted by molar-refractivity contribution is 7.13. The molecule has 0 bridgehead atoms. The highest BCUT2D eigenvalue weighted by Crippen LogP contribution is 2.31. The molecule has 0 radical (unpaired) electrons. The van der Waals surface area contributed by atoms with E-state index in [1.165, 1.54) is 11.4 Å². The number of rotatable bonds is 5. The summed E-state index contributed by atoms with van der Waals surface area (Å²) in [4.78, 5) is 20.3. The minimum Gasteiger partial charge on any atom is -0.481 e. The maximum absolute atomic E-state index is 10.4. The van der Waals surface area contributed by atoms with Crippen molar-refractivity contribution in [2.24, 2.45) is 5.92 Å². The summed E-state index contributed by atoms with van der Waals surface area (Å²) in [6, 6.07) is 1.27. The van der Waals surface area contributed by atoms with Crippen LogP contribution >= 0.6 is 11.3 Å². The lowest BCUT2D eigenvalue weighted by Crippen LogP contribution is -2.12. The predicted octanol–water partition coefficient (Wildman–Crippen LogP) is 1.80.